The summed E-state index contributed by atoms with van der Waals surface area (Å²) >= 11 is 0. The monoisotopic (exact) mass is 198 g/mol. The van der Waals surface area contributed by atoms with E-state index >= 15 is 0 Å². The predicted molar refractivity (Wildman–Crippen MR) is 62.8 cm³/mol. The minimum absolute atomic E-state index is 1.05. The molecule has 76 valence electrons. The van der Waals surface area contributed by atoms with E-state index in [-0.39, 0.29) is 0 Å². The fraction of sp³-hybridized carbons (Fsp3) is 0.357. The van der Waals surface area contributed by atoms with E-state index in [1.807, 2.05) is 0 Å². The third kappa shape index (κ3) is 1.12. The molecule has 0 bridgehead atoms. The number of allylic oxidation sites excluding steroid dienone is 1. The second-order valence-electron chi connectivity index (χ2n) is 4.41. The van der Waals surface area contributed by atoms with Crippen LogP contribution in [0.3, 0.4) is 0 Å². The van der Waals surface area contributed by atoms with E-state index in [0.29, 0.717) is 0 Å². The molecule has 1 nitrogen and oxygen atoms in total. The lowest BCUT2D eigenvalue weighted by Gasteiger charge is -2.15. The molecule has 0 saturated carbocycles. The Morgan fingerprint density at radius 2 is 2.13 bits per heavy atom. The molecule has 1 aromatic rings. The van der Waals surface area contributed by atoms with Crippen molar-refractivity contribution < 1.29 is 4.58 Å². The predicted octanol–water partition coefficient (Wildman–Crippen LogP) is 2.18. The summed E-state index contributed by atoms with van der Waals surface area (Å²) in [4.78, 5) is 0. The lowest BCUT2D eigenvalue weighted by molar-refractivity contribution is -0.524. The molecule has 0 atom stereocenters. The fourth-order valence-electron chi connectivity index (χ4n) is 2.87. The Bertz CT molecular complexity index is 480. The van der Waals surface area contributed by atoms with Crippen molar-refractivity contribution in [2.45, 2.75) is 19.8 Å². The van der Waals surface area contributed by atoms with Crippen LogP contribution in [-0.4, -0.2) is 23.4 Å². The summed E-state index contributed by atoms with van der Waals surface area (Å²) in [5.41, 5.74) is 7.22. The second kappa shape index (κ2) is 3.06. The Morgan fingerprint density at radius 3 is 2.93 bits per heavy atom. The Labute approximate surface area is 90.8 Å². The van der Waals surface area contributed by atoms with Crippen LogP contribution in [0, 0.1) is 0 Å². The number of rotatable bonds is 1. The Hall–Kier alpha value is -1.37. The average Bonchev–Trinajstić information content (AvgIpc) is 2.59. The first kappa shape index (κ1) is 8.90. The highest BCUT2D eigenvalue weighted by atomic mass is 15.0. The summed E-state index contributed by atoms with van der Waals surface area (Å²) in [5, 5.41) is 0. The van der Waals surface area contributed by atoms with Crippen LogP contribution in [-0.2, 0) is 12.8 Å². The van der Waals surface area contributed by atoms with E-state index in [1.54, 1.807) is 0 Å². The van der Waals surface area contributed by atoms with Crippen LogP contribution in [0.1, 0.15) is 23.6 Å². The van der Waals surface area contributed by atoms with Crippen LogP contribution in [0.2, 0.25) is 0 Å². The quantitative estimate of drug-likeness (QED) is 0.608. The summed E-state index contributed by atoms with van der Waals surface area (Å²) in [5.74, 6) is 0. The number of hydrogen-bond acceptors (Lipinski definition) is 0. The van der Waals surface area contributed by atoms with E-state index in [9.17, 15) is 0 Å². The first-order chi connectivity index (χ1) is 7.31. The van der Waals surface area contributed by atoms with Gasteiger partial charge >= 0.3 is 0 Å². The Balaban J connectivity index is 2.32. The van der Waals surface area contributed by atoms with Gasteiger partial charge in [0.05, 0.1) is 5.56 Å². The maximum atomic E-state index is 4.22. The maximum Gasteiger partial charge on any atom is 0.210 e. The molecular weight excluding hydrogens is 182 g/mol. The van der Waals surface area contributed by atoms with Gasteiger partial charge in [-0.2, -0.15) is 0 Å². The van der Waals surface area contributed by atoms with E-state index in [4.69, 9.17) is 0 Å². The van der Waals surface area contributed by atoms with Crippen LogP contribution in [0.4, 0.5) is 0 Å². The number of nitrogens with zero attached hydrogens (tertiary/aromatic N) is 1. The van der Waals surface area contributed by atoms with Gasteiger partial charge in [0.25, 0.3) is 0 Å². The molecule has 2 aliphatic rings. The van der Waals surface area contributed by atoms with Gasteiger partial charge in [0.1, 0.15) is 13.1 Å². The minimum Gasteiger partial charge on any atom is -0.229 e. The molecule has 0 spiro atoms. The molecule has 1 heterocycles. The van der Waals surface area contributed by atoms with Crippen molar-refractivity contribution in [2.75, 3.05) is 13.1 Å². The van der Waals surface area contributed by atoms with Crippen LogP contribution in [0.5, 0.6) is 0 Å². The van der Waals surface area contributed by atoms with Gasteiger partial charge < -0.3 is 0 Å². The third-order valence-corrected chi connectivity index (χ3v) is 3.56. The Morgan fingerprint density at radius 1 is 1.33 bits per heavy atom. The summed E-state index contributed by atoms with van der Waals surface area (Å²) in [6, 6.07) is 6.70. The zero-order valence-electron chi connectivity index (χ0n) is 9.21. The van der Waals surface area contributed by atoms with Crippen molar-refractivity contribution in [2.24, 2.45) is 0 Å². The van der Waals surface area contributed by atoms with E-state index in [0.717, 1.165) is 19.5 Å². The topological polar surface area (TPSA) is 3.01 Å². The third-order valence-electron chi connectivity index (χ3n) is 3.56. The number of likely N-dealkylation sites (N-methyl/N-ethyl adjacent to an activating group) is 1. The lowest BCUT2D eigenvalue weighted by Crippen LogP contribution is -2.29. The molecule has 3 rings (SSSR count). The van der Waals surface area contributed by atoms with E-state index < -0.39 is 0 Å². The molecule has 0 N–H and O–H groups in total. The molecule has 0 fully saturated rings. The van der Waals surface area contributed by atoms with Gasteiger partial charge in [0.15, 0.2) is 0 Å². The zero-order chi connectivity index (χ0) is 10.4. The van der Waals surface area contributed by atoms with E-state index in [2.05, 4.69) is 36.3 Å². The van der Waals surface area contributed by atoms with Crippen LogP contribution in [0.25, 0.3) is 0 Å². The van der Waals surface area contributed by atoms with Gasteiger partial charge in [0.2, 0.25) is 5.71 Å². The number of benzene rings is 1. The summed E-state index contributed by atoms with van der Waals surface area (Å²) in [7, 11) is 0. The SMILES string of the molecule is C=C1Cc2cccc3c2C1=[N+](CC)CC3. The van der Waals surface area contributed by atoms with E-state index in [1.165, 1.54) is 34.4 Å². The molecule has 0 radical (unpaired) electrons. The summed E-state index contributed by atoms with van der Waals surface area (Å²) < 4.78 is 2.47. The van der Waals surface area contributed by atoms with Crippen molar-refractivity contribution in [3.8, 4) is 0 Å². The lowest BCUT2D eigenvalue weighted by atomic mass is 9.96. The van der Waals surface area contributed by atoms with Gasteiger partial charge in [-0.15, -0.1) is 0 Å². The summed E-state index contributed by atoms with van der Waals surface area (Å²) in [6.07, 6.45) is 2.24. The van der Waals surface area contributed by atoms with Crippen LogP contribution >= 0.6 is 0 Å². The molecule has 0 unspecified atom stereocenters. The highest BCUT2D eigenvalue weighted by Crippen LogP contribution is 2.31. The normalized spacial score (nSPS) is 18.3. The molecule has 0 aromatic heterocycles. The second-order valence-corrected chi connectivity index (χ2v) is 4.41. The molecule has 1 aliphatic heterocycles. The van der Waals surface area contributed by atoms with Crippen LogP contribution in [0.15, 0.2) is 30.4 Å². The summed E-state index contributed by atoms with van der Waals surface area (Å²) in [6.45, 7) is 8.70. The van der Waals surface area contributed by atoms with Gasteiger partial charge in [0, 0.05) is 18.4 Å². The zero-order valence-corrected chi connectivity index (χ0v) is 9.21. The first-order valence-electron chi connectivity index (χ1n) is 5.72. The van der Waals surface area contributed by atoms with Crippen molar-refractivity contribution in [1.82, 2.24) is 0 Å². The highest BCUT2D eigenvalue weighted by Gasteiger charge is 2.34. The molecule has 1 aromatic carbocycles. The van der Waals surface area contributed by atoms with Crippen LogP contribution < -0.4 is 0 Å². The number of hydrogen-bond donors (Lipinski definition) is 0. The van der Waals surface area contributed by atoms with Crippen molar-refractivity contribution in [3.05, 3.63) is 47.0 Å². The Kier molecular flexibility index (Phi) is 1.82. The molecule has 0 amide bonds. The van der Waals surface area contributed by atoms with Gasteiger partial charge in [-0.25, -0.2) is 4.58 Å². The van der Waals surface area contributed by atoms with Gasteiger partial charge in [-0.05, 0) is 18.1 Å². The average molecular weight is 198 g/mol. The molecule has 0 saturated heterocycles. The minimum atomic E-state index is 1.05. The molecular formula is C14H16N+. The van der Waals surface area contributed by atoms with Crippen molar-refractivity contribution in [3.63, 3.8) is 0 Å². The molecule has 1 heteroatoms. The largest absolute Gasteiger partial charge is 0.229 e. The molecule has 15 heavy (non-hydrogen) atoms. The molecule has 1 aliphatic carbocycles. The fourth-order valence-corrected chi connectivity index (χ4v) is 2.87. The first-order valence-corrected chi connectivity index (χ1v) is 5.72. The van der Waals surface area contributed by atoms with Gasteiger partial charge in [-0.1, -0.05) is 24.8 Å². The maximum absolute atomic E-state index is 4.22. The standard InChI is InChI=1S/C14H16N/c1-3-15-8-7-11-5-4-6-12-9-10(2)14(15)13(11)12/h4-6H,2-3,7-9H2,1H3/q+1. The van der Waals surface area contributed by atoms with Crippen molar-refractivity contribution in [1.29, 1.82) is 0 Å². The smallest absolute Gasteiger partial charge is 0.210 e. The highest BCUT2D eigenvalue weighted by molar-refractivity contribution is 6.14. The van der Waals surface area contributed by atoms with Crippen molar-refractivity contribution >= 4 is 5.71 Å². The van der Waals surface area contributed by atoms with Gasteiger partial charge in [-0.3, -0.25) is 0 Å².